The normalized spacial score (nSPS) is 29.1. The molecule has 2 aliphatic heterocycles. The van der Waals surface area contributed by atoms with E-state index in [0.29, 0.717) is 6.42 Å². The number of alkyl carbamates (subject to hydrolysis) is 1. The Morgan fingerprint density at radius 3 is 2.64 bits per heavy atom. The second-order valence-electron chi connectivity index (χ2n) is 7.38. The molecule has 2 aliphatic rings. The number of fused-ring (bicyclic) bond motifs is 1. The molecule has 1 N–H and O–H groups in total. The minimum Gasteiger partial charge on any atom is -0.445 e. The number of methoxy groups -OCH3 is 1. The van der Waals surface area contributed by atoms with Gasteiger partial charge in [0.1, 0.15) is 25.1 Å². The molecule has 8 nitrogen and oxygen atoms in total. The topological polar surface area (TPSA) is 92.3 Å². The number of amides is 1. The second kappa shape index (κ2) is 9.00. The van der Waals surface area contributed by atoms with Gasteiger partial charge in [-0.15, -0.1) is 0 Å². The lowest BCUT2D eigenvalue weighted by atomic mass is 10.0. The highest BCUT2D eigenvalue weighted by molar-refractivity contribution is 5.68. The Bertz CT molecular complexity index is 666. The van der Waals surface area contributed by atoms with Crippen molar-refractivity contribution in [2.75, 3.05) is 7.11 Å². The second-order valence-corrected chi connectivity index (χ2v) is 7.38. The fourth-order valence-corrected chi connectivity index (χ4v) is 3.56. The molecule has 1 aromatic carbocycles. The number of benzene rings is 1. The smallest absolute Gasteiger partial charge is 0.407 e. The minimum absolute atomic E-state index is 0.138. The Hall–Kier alpha value is -2.00. The van der Waals surface area contributed by atoms with Crippen molar-refractivity contribution in [3.63, 3.8) is 0 Å². The van der Waals surface area contributed by atoms with Crippen molar-refractivity contribution in [2.45, 2.75) is 69.7 Å². The molecular weight excluding hydrogens is 366 g/mol. The summed E-state index contributed by atoms with van der Waals surface area (Å²) in [7, 11) is 1.54. The minimum atomic E-state index is -0.740. The summed E-state index contributed by atoms with van der Waals surface area (Å²) in [5.74, 6) is -0.740. The van der Waals surface area contributed by atoms with Gasteiger partial charge in [-0.05, 0) is 25.8 Å². The lowest BCUT2D eigenvalue weighted by Crippen LogP contribution is -2.41. The number of ether oxygens (including phenoxy) is 5. The van der Waals surface area contributed by atoms with Crippen LogP contribution in [0.25, 0.3) is 0 Å². The molecule has 5 atom stereocenters. The average Bonchev–Trinajstić information content (AvgIpc) is 3.14. The predicted octanol–water partition coefficient (Wildman–Crippen LogP) is 2.15. The fourth-order valence-electron chi connectivity index (χ4n) is 3.56. The van der Waals surface area contributed by atoms with Crippen molar-refractivity contribution in [3.05, 3.63) is 35.9 Å². The van der Waals surface area contributed by atoms with Crippen LogP contribution in [0.4, 0.5) is 4.79 Å². The van der Waals surface area contributed by atoms with Crippen LogP contribution in [0, 0.1) is 0 Å². The lowest BCUT2D eigenvalue weighted by molar-refractivity contribution is -0.228. The molecule has 2 saturated heterocycles. The summed E-state index contributed by atoms with van der Waals surface area (Å²) in [5, 5.41) is 2.74. The van der Waals surface area contributed by atoms with Gasteiger partial charge in [-0.2, -0.15) is 0 Å². The summed E-state index contributed by atoms with van der Waals surface area (Å²) in [6.07, 6.45) is -0.937. The predicted molar refractivity (Wildman–Crippen MR) is 98.3 cm³/mol. The molecule has 3 rings (SSSR count). The van der Waals surface area contributed by atoms with Crippen molar-refractivity contribution in [1.29, 1.82) is 0 Å². The van der Waals surface area contributed by atoms with Gasteiger partial charge in [-0.25, -0.2) is 4.79 Å². The quantitative estimate of drug-likeness (QED) is 0.677. The van der Waals surface area contributed by atoms with Crippen molar-refractivity contribution in [3.8, 4) is 0 Å². The number of nitrogens with one attached hydrogen (secondary N) is 1. The average molecular weight is 393 g/mol. The van der Waals surface area contributed by atoms with Crippen molar-refractivity contribution in [1.82, 2.24) is 5.32 Å². The summed E-state index contributed by atoms with van der Waals surface area (Å²) in [6, 6.07) is 8.92. The van der Waals surface area contributed by atoms with E-state index in [1.54, 1.807) is 7.11 Å². The molecule has 2 heterocycles. The summed E-state index contributed by atoms with van der Waals surface area (Å²) >= 11 is 0. The molecule has 8 heteroatoms. The third-order valence-electron chi connectivity index (χ3n) is 4.77. The number of rotatable bonds is 8. The molecule has 1 amide bonds. The van der Waals surface area contributed by atoms with Gasteiger partial charge in [0.05, 0.1) is 6.10 Å². The number of hydrogen-bond donors (Lipinski definition) is 1. The van der Waals surface area contributed by atoms with Crippen LogP contribution in [0.15, 0.2) is 30.3 Å². The van der Waals surface area contributed by atoms with Crippen molar-refractivity contribution >= 4 is 12.4 Å². The zero-order valence-electron chi connectivity index (χ0n) is 16.3. The molecule has 0 aliphatic carbocycles. The lowest BCUT2D eigenvalue weighted by Gasteiger charge is -2.25. The molecule has 0 spiro atoms. The number of aldehydes is 1. The highest BCUT2D eigenvalue weighted by Crippen LogP contribution is 2.40. The molecule has 0 radical (unpaired) electrons. The van der Waals surface area contributed by atoms with Gasteiger partial charge in [-0.3, -0.25) is 0 Å². The van der Waals surface area contributed by atoms with E-state index in [9.17, 15) is 9.59 Å². The first-order valence-electron chi connectivity index (χ1n) is 9.36. The van der Waals surface area contributed by atoms with E-state index in [0.717, 1.165) is 11.8 Å². The summed E-state index contributed by atoms with van der Waals surface area (Å²) in [6.45, 7) is 3.82. The van der Waals surface area contributed by atoms with Crippen LogP contribution < -0.4 is 5.32 Å². The molecule has 28 heavy (non-hydrogen) atoms. The largest absolute Gasteiger partial charge is 0.445 e. The van der Waals surface area contributed by atoms with Crippen LogP contribution in [0.3, 0.4) is 0 Å². The van der Waals surface area contributed by atoms with Crippen molar-refractivity contribution < 1.29 is 33.3 Å². The third-order valence-corrected chi connectivity index (χ3v) is 4.77. The Kier molecular flexibility index (Phi) is 6.66. The molecule has 2 fully saturated rings. The van der Waals surface area contributed by atoms with E-state index in [2.05, 4.69) is 5.32 Å². The van der Waals surface area contributed by atoms with Crippen LogP contribution >= 0.6 is 0 Å². The maximum absolute atomic E-state index is 12.2. The van der Waals surface area contributed by atoms with Gasteiger partial charge in [0.15, 0.2) is 12.1 Å². The Morgan fingerprint density at radius 1 is 1.25 bits per heavy atom. The number of carbonyl (C=O) groups is 2. The zero-order valence-corrected chi connectivity index (χ0v) is 16.3. The van der Waals surface area contributed by atoms with E-state index in [4.69, 9.17) is 23.7 Å². The Labute approximate surface area is 164 Å². The summed E-state index contributed by atoms with van der Waals surface area (Å²) in [4.78, 5) is 23.2. The molecule has 0 aromatic heterocycles. The van der Waals surface area contributed by atoms with Gasteiger partial charge >= 0.3 is 6.09 Å². The third kappa shape index (κ3) is 5.08. The van der Waals surface area contributed by atoms with Crippen LogP contribution in [0.2, 0.25) is 0 Å². The van der Waals surface area contributed by atoms with E-state index in [1.165, 1.54) is 0 Å². The molecule has 1 unspecified atom stereocenters. The number of carbonyl (C=O) groups excluding carboxylic acids is 2. The molecule has 0 saturated carbocycles. The zero-order chi connectivity index (χ0) is 20.1. The van der Waals surface area contributed by atoms with E-state index in [-0.39, 0.29) is 31.3 Å². The fraction of sp³-hybridized carbons (Fsp3) is 0.600. The SMILES string of the molecule is CO[C@@H]1O[C@H](C[C@H](CC=O)NC(=O)OCc2ccccc2)C2OC(C)(C)O[C@@H]21. The van der Waals surface area contributed by atoms with Gasteiger partial charge in [-0.1, -0.05) is 30.3 Å². The van der Waals surface area contributed by atoms with E-state index < -0.39 is 24.2 Å². The van der Waals surface area contributed by atoms with Gasteiger partial charge < -0.3 is 33.8 Å². The van der Waals surface area contributed by atoms with Gasteiger partial charge in [0, 0.05) is 19.6 Å². The van der Waals surface area contributed by atoms with E-state index >= 15 is 0 Å². The Balaban J connectivity index is 1.56. The first-order chi connectivity index (χ1) is 13.4. The first kappa shape index (κ1) is 20.7. The maximum Gasteiger partial charge on any atom is 0.407 e. The number of hydrogen-bond acceptors (Lipinski definition) is 7. The van der Waals surface area contributed by atoms with Gasteiger partial charge in [0.2, 0.25) is 0 Å². The van der Waals surface area contributed by atoms with Crippen molar-refractivity contribution in [2.24, 2.45) is 0 Å². The van der Waals surface area contributed by atoms with Gasteiger partial charge in [0.25, 0.3) is 0 Å². The Morgan fingerprint density at radius 2 is 1.96 bits per heavy atom. The molecule has 0 bridgehead atoms. The molecule has 154 valence electrons. The highest BCUT2D eigenvalue weighted by atomic mass is 16.8. The van der Waals surface area contributed by atoms with Crippen LogP contribution in [-0.2, 0) is 35.1 Å². The van der Waals surface area contributed by atoms with E-state index in [1.807, 2.05) is 44.2 Å². The van der Waals surface area contributed by atoms with Crippen LogP contribution in [-0.4, -0.2) is 55.9 Å². The van der Waals surface area contributed by atoms with Crippen LogP contribution in [0.5, 0.6) is 0 Å². The highest BCUT2D eigenvalue weighted by Gasteiger charge is 2.55. The monoisotopic (exact) mass is 393 g/mol. The maximum atomic E-state index is 12.2. The first-order valence-corrected chi connectivity index (χ1v) is 9.36. The summed E-state index contributed by atoms with van der Waals surface area (Å²) < 4.78 is 28.3. The molecular formula is C20H27NO7. The standard InChI is InChI=1S/C20H27NO7/c1-20(2)27-16-15(26-18(24-3)17(16)28-20)11-14(9-10-22)21-19(23)25-12-13-7-5-4-6-8-13/h4-8,10,14-18H,9,11-12H2,1-3H3,(H,21,23)/t14-,15+,16?,17-,18+/m0/s1. The summed E-state index contributed by atoms with van der Waals surface area (Å²) in [5.41, 5.74) is 0.883. The van der Waals surface area contributed by atoms with Crippen LogP contribution in [0.1, 0.15) is 32.3 Å². The molecule has 1 aromatic rings.